The van der Waals surface area contributed by atoms with Crippen LogP contribution in [-0.2, 0) is 6.54 Å². The standard InChI is InChI=1S/C11H11N3O/c1-13-5-6-14-9(11(13)15)7-8-3-2-4-12-10(8)14/h2-4,7H,5-6H2,1H3. The van der Waals surface area contributed by atoms with Crippen molar-refractivity contribution in [3.05, 3.63) is 30.1 Å². The average molecular weight is 201 g/mol. The van der Waals surface area contributed by atoms with Crippen molar-refractivity contribution in [2.24, 2.45) is 0 Å². The lowest BCUT2D eigenvalue weighted by atomic mass is 10.3. The molecule has 3 rings (SSSR count). The summed E-state index contributed by atoms with van der Waals surface area (Å²) in [4.78, 5) is 17.9. The molecule has 3 heterocycles. The van der Waals surface area contributed by atoms with E-state index in [-0.39, 0.29) is 5.91 Å². The summed E-state index contributed by atoms with van der Waals surface area (Å²) in [6, 6.07) is 5.80. The zero-order valence-corrected chi connectivity index (χ0v) is 8.47. The second-order valence-corrected chi connectivity index (χ2v) is 3.82. The maximum atomic E-state index is 11.9. The van der Waals surface area contributed by atoms with Gasteiger partial charge in [0, 0.05) is 31.7 Å². The van der Waals surface area contributed by atoms with Crippen molar-refractivity contribution in [2.75, 3.05) is 13.6 Å². The van der Waals surface area contributed by atoms with E-state index in [9.17, 15) is 4.79 Å². The lowest BCUT2D eigenvalue weighted by molar-refractivity contribution is 0.0751. The molecule has 0 bridgehead atoms. The van der Waals surface area contributed by atoms with Gasteiger partial charge in [-0.05, 0) is 18.2 Å². The normalized spacial score (nSPS) is 15.8. The second kappa shape index (κ2) is 2.82. The van der Waals surface area contributed by atoms with E-state index < -0.39 is 0 Å². The highest BCUT2D eigenvalue weighted by atomic mass is 16.2. The minimum Gasteiger partial charge on any atom is -0.339 e. The maximum absolute atomic E-state index is 11.9. The van der Waals surface area contributed by atoms with E-state index in [1.165, 1.54) is 0 Å². The molecule has 0 atom stereocenters. The Morgan fingerprint density at radius 3 is 3.13 bits per heavy atom. The Bertz CT molecular complexity index is 544. The van der Waals surface area contributed by atoms with E-state index in [2.05, 4.69) is 4.98 Å². The van der Waals surface area contributed by atoms with Gasteiger partial charge < -0.3 is 9.47 Å². The molecule has 0 spiro atoms. The van der Waals surface area contributed by atoms with Crippen molar-refractivity contribution >= 4 is 16.9 Å². The van der Waals surface area contributed by atoms with Gasteiger partial charge in [-0.25, -0.2) is 4.98 Å². The molecule has 4 heteroatoms. The van der Waals surface area contributed by atoms with E-state index >= 15 is 0 Å². The van der Waals surface area contributed by atoms with Crippen LogP contribution in [0.15, 0.2) is 24.4 Å². The van der Waals surface area contributed by atoms with Crippen LogP contribution in [0.4, 0.5) is 0 Å². The van der Waals surface area contributed by atoms with Crippen LogP contribution in [-0.4, -0.2) is 34.0 Å². The molecular weight excluding hydrogens is 190 g/mol. The van der Waals surface area contributed by atoms with E-state index in [0.29, 0.717) is 0 Å². The molecule has 0 saturated carbocycles. The first-order valence-electron chi connectivity index (χ1n) is 4.97. The van der Waals surface area contributed by atoms with Gasteiger partial charge >= 0.3 is 0 Å². The summed E-state index contributed by atoms with van der Waals surface area (Å²) in [7, 11) is 1.83. The van der Waals surface area contributed by atoms with Gasteiger partial charge in [0.15, 0.2) is 0 Å². The Morgan fingerprint density at radius 2 is 2.27 bits per heavy atom. The Hall–Kier alpha value is -1.84. The summed E-state index contributed by atoms with van der Waals surface area (Å²) in [5, 5.41) is 1.04. The number of amides is 1. The molecule has 4 nitrogen and oxygen atoms in total. The summed E-state index contributed by atoms with van der Waals surface area (Å²) < 4.78 is 2.00. The molecule has 76 valence electrons. The number of pyridine rings is 1. The van der Waals surface area contributed by atoms with E-state index in [4.69, 9.17) is 0 Å². The van der Waals surface area contributed by atoms with Crippen LogP contribution in [0.5, 0.6) is 0 Å². The molecule has 0 saturated heterocycles. The number of rotatable bonds is 0. The van der Waals surface area contributed by atoms with Gasteiger partial charge in [0.05, 0.1) is 0 Å². The number of aromatic nitrogens is 2. The van der Waals surface area contributed by atoms with Gasteiger partial charge in [-0.15, -0.1) is 0 Å². The first-order chi connectivity index (χ1) is 7.27. The molecule has 0 fully saturated rings. The first kappa shape index (κ1) is 8.47. The van der Waals surface area contributed by atoms with Crippen molar-refractivity contribution in [1.29, 1.82) is 0 Å². The molecule has 0 N–H and O–H groups in total. The van der Waals surface area contributed by atoms with Crippen molar-refractivity contribution in [1.82, 2.24) is 14.5 Å². The molecule has 1 aliphatic rings. The highest BCUT2D eigenvalue weighted by Gasteiger charge is 2.23. The largest absolute Gasteiger partial charge is 0.339 e. The number of carbonyl (C=O) groups excluding carboxylic acids is 1. The molecular formula is C11H11N3O. The van der Waals surface area contributed by atoms with Gasteiger partial charge in [0.2, 0.25) is 0 Å². The summed E-state index contributed by atoms with van der Waals surface area (Å²) in [6.07, 6.45) is 1.76. The minimum atomic E-state index is 0.0826. The number of hydrogen-bond acceptors (Lipinski definition) is 2. The zero-order chi connectivity index (χ0) is 10.4. The monoisotopic (exact) mass is 201 g/mol. The topological polar surface area (TPSA) is 38.1 Å². The fraction of sp³-hybridized carbons (Fsp3) is 0.273. The summed E-state index contributed by atoms with van der Waals surface area (Å²) in [5.41, 5.74) is 1.66. The van der Waals surface area contributed by atoms with Gasteiger partial charge in [-0.2, -0.15) is 0 Å². The Morgan fingerprint density at radius 1 is 1.40 bits per heavy atom. The van der Waals surface area contributed by atoms with Crippen LogP contribution in [0.1, 0.15) is 10.5 Å². The second-order valence-electron chi connectivity index (χ2n) is 3.82. The van der Waals surface area contributed by atoms with Crippen LogP contribution in [0.3, 0.4) is 0 Å². The van der Waals surface area contributed by atoms with Crippen LogP contribution >= 0.6 is 0 Å². The molecule has 0 unspecified atom stereocenters. The number of hydrogen-bond donors (Lipinski definition) is 0. The van der Waals surface area contributed by atoms with E-state index in [1.54, 1.807) is 11.1 Å². The number of likely N-dealkylation sites (N-methyl/N-ethyl adjacent to an activating group) is 1. The molecule has 0 radical (unpaired) electrons. The third-order valence-corrected chi connectivity index (χ3v) is 2.88. The molecule has 2 aromatic heterocycles. The first-order valence-corrected chi connectivity index (χ1v) is 4.97. The SMILES string of the molecule is CN1CCn2c(cc3cccnc32)C1=O. The maximum Gasteiger partial charge on any atom is 0.270 e. The van der Waals surface area contributed by atoms with Crippen molar-refractivity contribution in [2.45, 2.75) is 6.54 Å². The molecule has 15 heavy (non-hydrogen) atoms. The summed E-state index contributed by atoms with van der Waals surface area (Å²) in [6.45, 7) is 1.59. The highest BCUT2D eigenvalue weighted by Crippen LogP contribution is 2.21. The number of carbonyl (C=O) groups is 1. The quantitative estimate of drug-likeness (QED) is 0.640. The fourth-order valence-electron chi connectivity index (χ4n) is 2.04. The van der Waals surface area contributed by atoms with Crippen LogP contribution in [0.25, 0.3) is 11.0 Å². The van der Waals surface area contributed by atoms with Crippen LogP contribution in [0.2, 0.25) is 0 Å². The molecule has 0 aliphatic carbocycles. The fourth-order valence-corrected chi connectivity index (χ4v) is 2.04. The van der Waals surface area contributed by atoms with Crippen molar-refractivity contribution in [3.8, 4) is 0 Å². The van der Waals surface area contributed by atoms with Crippen molar-refractivity contribution < 1.29 is 4.79 Å². The van der Waals surface area contributed by atoms with E-state index in [1.807, 2.05) is 29.8 Å². The van der Waals surface area contributed by atoms with Gasteiger partial charge in [0.1, 0.15) is 11.3 Å². The lowest BCUT2D eigenvalue weighted by Crippen LogP contribution is -2.36. The van der Waals surface area contributed by atoms with Crippen LogP contribution < -0.4 is 0 Å². The Balaban J connectivity index is 2.31. The lowest BCUT2D eigenvalue weighted by Gasteiger charge is -2.24. The zero-order valence-electron chi connectivity index (χ0n) is 8.47. The van der Waals surface area contributed by atoms with Gasteiger partial charge in [0.25, 0.3) is 5.91 Å². The number of nitrogens with zero attached hydrogens (tertiary/aromatic N) is 3. The van der Waals surface area contributed by atoms with Gasteiger partial charge in [-0.3, -0.25) is 4.79 Å². The molecule has 1 amide bonds. The minimum absolute atomic E-state index is 0.0826. The molecule has 2 aromatic rings. The molecule has 0 aromatic carbocycles. The number of fused-ring (bicyclic) bond motifs is 3. The predicted octanol–water partition coefficient (Wildman–Crippen LogP) is 1.12. The van der Waals surface area contributed by atoms with Crippen molar-refractivity contribution in [3.63, 3.8) is 0 Å². The smallest absolute Gasteiger partial charge is 0.270 e. The van der Waals surface area contributed by atoms with E-state index in [0.717, 1.165) is 29.8 Å². The Labute approximate surface area is 87.1 Å². The molecule has 1 aliphatic heterocycles. The third-order valence-electron chi connectivity index (χ3n) is 2.88. The average Bonchev–Trinajstić information content (AvgIpc) is 2.63. The highest BCUT2D eigenvalue weighted by molar-refractivity contribution is 5.98. The van der Waals surface area contributed by atoms with Gasteiger partial charge in [-0.1, -0.05) is 0 Å². The summed E-state index contributed by atoms with van der Waals surface area (Å²) in [5.74, 6) is 0.0826. The summed E-state index contributed by atoms with van der Waals surface area (Å²) >= 11 is 0. The Kier molecular flexibility index (Phi) is 1.59. The van der Waals surface area contributed by atoms with Crippen LogP contribution in [0, 0.1) is 0 Å². The predicted molar refractivity (Wildman–Crippen MR) is 56.7 cm³/mol. The third kappa shape index (κ3) is 1.08.